The van der Waals surface area contributed by atoms with Crippen LogP contribution in [0.3, 0.4) is 0 Å². The molecule has 1 amide bonds. The number of thiophene rings is 1. The van der Waals surface area contributed by atoms with Gasteiger partial charge in [-0.15, -0.1) is 11.3 Å². The number of hydrogen-bond acceptors (Lipinski definition) is 3. The second-order valence-corrected chi connectivity index (χ2v) is 6.52. The lowest BCUT2D eigenvalue weighted by molar-refractivity contribution is -0.116. The van der Waals surface area contributed by atoms with E-state index in [1.807, 2.05) is 6.07 Å². The molecular weight excluding hydrogens is 282 g/mol. The topological polar surface area (TPSA) is 42.2 Å². The molecule has 3 nitrogen and oxygen atoms in total. The molecule has 0 bridgehead atoms. The fourth-order valence-corrected chi connectivity index (χ4v) is 3.99. The number of hydrogen-bond donors (Lipinski definition) is 1. The van der Waals surface area contributed by atoms with Gasteiger partial charge in [0.05, 0.1) is 12.5 Å². The lowest BCUT2D eigenvalue weighted by atomic mass is 9.84. The van der Waals surface area contributed by atoms with Crippen LogP contribution < -0.4 is 5.32 Å². The summed E-state index contributed by atoms with van der Waals surface area (Å²) < 4.78 is 4.97. The SMILES string of the molecule is O=C(/C=C/c1ccoc1)NCC1(c2cccs2)CCCC1. The van der Waals surface area contributed by atoms with Crippen molar-refractivity contribution in [2.75, 3.05) is 6.54 Å². The Kier molecular flexibility index (Phi) is 4.25. The molecule has 0 aromatic carbocycles. The van der Waals surface area contributed by atoms with Crippen LogP contribution in [0, 0.1) is 0 Å². The normalized spacial score (nSPS) is 17.3. The highest BCUT2D eigenvalue weighted by molar-refractivity contribution is 7.10. The highest BCUT2D eigenvalue weighted by Crippen LogP contribution is 2.42. The molecule has 21 heavy (non-hydrogen) atoms. The third-order valence-corrected chi connectivity index (χ3v) is 5.29. The van der Waals surface area contributed by atoms with E-state index in [2.05, 4.69) is 22.8 Å². The quantitative estimate of drug-likeness (QED) is 0.849. The van der Waals surface area contributed by atoms with Crippen molar-refractivity contribution in [3.05, 3.63) is 52.6 Å². The second kappa shape index (κ2) is 6.31. The third kappa shape index (κ3) is 3.27. The van der Waals surface area contributed by atoms with Gasteiger partial charge in [0.1, 0.15) is 0 Å². The number of rotatable bonds is 5. The van der Waals surface area contributed by atoms with E-state index in [4.69, 9.17) is 4.42 Å². The van der Waals surface area contributed by atoms with Gasteiger partial charge in [-0.25, -0.2) is 0 Å². The monoisotopic (exact) mass is 301 g/mol. The van der Waals surface area contributed by atoms with Gasteiger partial charge < -0.3 is 9.73 Å². The van der Waals surface area contributed by atoms with Gasteiger partial charge in [0, 0.05) is 28.5 Å². The predicted molar refractivity (Wildman–Crippen MR) is 85.2 cm³/mol. The van der Waals surface area contributed by atoms with Crippen molar-refractivity contribution in [1.82, 2.24) is 5.32 Å². The van der Waals surface area contributed by atoms with Crippen LogP contribution in [0.4, 0.5) is 0 Å². The molecule has 1 N–H and O–H groups in total. The van der Waals surface area contributed by atoms with Crippen LogP contribution in [-0.4, -0.2) is 12.5 Å². The summed E-state index contributed by atoms with van der Waals surface area (Å²) in [7, 11) is 0. The van der Waals surface area contributed by atoms with Crippen LogP contribution in [0.5, 0.6) is 0 Å². The van der Waals surface area contributed by atoms with Crippen LogP contribution in [-0.2, 0) is 10.2 Å². The highest BCUT2D eigenvalue weighted by atomic mass is 32.1. The Labute approximate surface area is 128 Å². The van der Waals surface area contributed by atoms with Crippen molar-refractivity contribution >= 4 is 23.3 Å². The molecule has 0 atom stereocenters. The van der Waals surface area contributed by atoms with Crippen LogP contribution >= 0.6 is 11.3 Å². The summed E-state index contributed by atoms with van der Waals surface area (Å²) in [5.74, 6) is -0.0426. The van der Waals surface area contributed by atoms with Crippen molar-refractivity contribution in [2.45, 2.75) is 31.1 Å². The summed E-state index contributed by atoms with van der Waals surface area (Å²) in [4.78, 5) is 13.4. The molecule has 3 rings (SSSR count). The van der Waals surface area contributed by atoms with E-state index < -0.39 is 0 Å². The van der Waals surface area contributed by atoms with Gasteiger partial charge in [-0.1, -0.05) is 18.9 Å². The van der Waals surface area contributed by atoms with Gasteiger partial charge in [0.25, 0.3) is 0 Å². The number of carbonyl (C=O) groups is 1. The Balaban J connectivity index is 1.61. The molecule has 0 spiro atoms. The maximum atomic E-state index is 12.0. The minimum absolute atomic E-state index is 0.0426. The fourth-order valence-electron chi connectivity index (χ4n) is 3.00. The molecule has 2 aromatic heterocycles. The summed E-state index contributed by atoms with van der Waals surface area (Å²) in [6.45, 7) is 0.724. The molecule has 0 saturated heterocycles. The molecule has 1 aliphatic carbocycles. The van der Waals surface area contributed by atoms with Gasteiger partial charge >= 0.3 is 0 Å². The molecule has 0 unspecified atom stereocenters. The zero-order chi connectivity index (χ0) is 14.5. The second-order valence-electron chi connectivity index (χ2n) is 5.57. The number of furan rings is 1. The van der Waals surface area contributed by atoms with Gasteiger partial charge in [0.15, 0.2) is 0 Å². The molecule has 2 aromatic rings. The lowest BCUT2D eigenvalue weighted by Crippen LogP contribution is -2.37. The Morgan fingerprint density at radius 1 is 1.38 bits per heavy atom. The molecule has 110 valence electrons. The smallest absolute Gasteiger partial charge is 0.244 e. The van der Waals surface area contributed by atoms with E-state index >= 15 is 0 Å². The van der Waals surface area contributed by atoms with Gasteiger partial charge in [-0.05, 0) is 36.4 Å². The summed E-state index contributed by atoms with van der Waals surface area (Å²) >= 11 is 1.80. The fraction of sp³-hybridized carbons (Fsp3) is 0.353. The molecule has 0 aliphatic heterocycles. The third-order valence-electron chi connectivity index (χ3n) is 4.18. The van der Waals surface area contributed by atoms with Crippen molar-refractivity contribution in [1.29, 1.82) is 0 Å². The van der Waals surface area contributed by atoms with Gasteiger partial charge in [0.2, 0.25) is 5.91 Å². The number of carbonyl (C=O) groups excluding carboxylic acids is 1. The minimum atomic E-state index is -0.0426. The number of amides is 1. The summed E-state index contributed by atoms with van der Waals surface area (Å²) in [6, 6.07) is 6.12. The van der Waals surface area contributed by atoms with Crippen molar-refractivity contribution in [3.8, 4) is 0 Å². The maximum Gasteiger partial charge on any atom is 0.244 e. The molecule has 1 fully saturated rings. The van der Waals surface area contributed by atoms with Gasteiger partial charge in [-0.2, -0.15) is 0 Å². The van der Waals surface area contributed by atoms with E-state index in [1.165, 1.54) is 30.6 Å². The highest BCUT2D eigenvalue weighted by Gasteiger charge is 2.36. The maximum absolute atomic E-state index is 12.0. The average molecular weight is 301 g/mol. The van der Waals surface area contributed by atoms with E-state index in [0.29, 0.717) is 0 Å². The van der Waals surface area contributed by atoms with Gasteiger partial charge in [-0.3, -0.25) is 4.79 Å². The van der Waals surface area contributed by atoms with Crippen molar-refractivity contribution in [3.63, 3.8) is 0 Å². The zero-order valence-electron chi connectivity index (χ0n) is 11.9. The van der Waals surface area contributed by atoms with Crippen LogP contribution in [0.2, 0.25) is 0 Å². The Bertz CT molecular complexity index is 593. The molecule has 1 saturated carbocycles. The predicted octanol–water partition coefficient (Wildman–Crippen LogP) is 3.98. The van der Waals surface area contributed by atoms with E-state index in [1.54, 1.807) is 36.0 Å². The van der Waals surface area contributed by atoms with Crippen molar-refractivity contribution < 1.29 is 9.21 Å². The van der Waals surface area contributed by atoms with E-state index in [-0.39, 0.29) is 11.3 Å². The van der Waals surface area contributed by atoms with Crippen molar-refractivity contribution in [2.24, 2.45) is 0 Å². The first-order valence-corrected chi connectivity index (χ1v) is 8.19. The number of nitrogens with one attached hydrogen (secondary N) is 1. The molecule has 0 radical (unpaired) electrons. The standard InChI is InChI=1S/C17H19NO2S/c19-16(6-5-14-7-10-20-12-14)18-13-17(8-1-2-9-17)15-4-3-11-21-15/h3-7,10-12H,1-2,8-9,13H2,(H,18,19)/b6-5+. The van der Waals surface area contributed by atoms with Crippen LogP contribution in [0.1, 0.15) is 36.1 Å². The Morgan fingerprint density at radius 3 is 2.90 bits per heavy atom. The molecule has 2 heterocycles. The summed E-state index contributed by atoms with van der Waals surface area (Å²) in [6.07, 6.45) is 11.4. The largest absolute Gasteiger partial charge is 0.472 e. The molecule has 1 aliphatic rings. The van der Waals surface area contributed by atoms with Crippen LogP contribution in [0.15, 0.2) is 46.6 Å². The zero-order valence-corrected chi connectivity index (χ0v) is 12.7. The first-order valence-electron chi connectivity index (χ1n) is 7.31. The molecular formula is C17H19NO2S. The lowest BCUT2D eigenvalue weighted by Gasteiger charge is -2.28. The minimum Gasteiger partial charge on any atom is -0.472 e. The summed E-state index contributed by atoms with van der Waals surface area (Å²) in [5, 5.41) is 5.19. The first kappa shape index (κ1) is 14.1. The van der Waals surface area contributed by atoms with Crippen LogP contribution in [0.25, 0.3) is 6.08 Å². The Morgan fingerprint density at radius 2 is 2.24 bits per heavy atom. The average Bonchev–Trinajstić information content (AvgIpc) is 3.25. The molecule has 4 heteroatoms. The summed E-state index contributed by atoms with van der Waals surface area (Å²) in [5.41, 5.74) is 1.05. The first-order chi connectivity index (χ1) is 10.3. The van der Waals surface area contributed by atoms with E-state index in [9.17, 15) is 4.79 Å². The van der Waals surface area contributed by atoms with E-state index in [0.717, 1.165) is 12.1 Å². The Hall–Kier alpha value is -1.81.